The number of rotatable bonds is 0. The zero-order valence-electron chi connectivity index (χ0n) is 5.12. The molecule has 0 aliphatic carbocycles. The summed E-state index contributed by atoms with van der Waals surface area (Å²) in [5, 5.41) is 0. The van der Waals surface area contributed by atoms with Crippen molar-refractivity contribution < 1.29 is 81.3 Å². The Morgan fingerprint density at radius 2 is 1.12 bits per heavy atom. The van der Waals surface area contributed by atoms with Gasteiger partial charge in [-0.25, -0.2) is 0 Å². The summed E-state index contributed by atoms with van der Waals surface area (Å²) in [5.74, 6) is 0. The summed E-state index contributed by atoms with van der Waals surface area (Å²) in [6.07, 6.45) is 0. The van der Waals surface area contributed by atoms with Crippen molar-refractivity contribution in [2.24, 2.45) is 0 Å². The molecule has 0 aromatic rings. The molecule has 0 fully saturated rings. The molecule has 0 bridgehead atoms. The first-order valence-corrected chi connectivity index (χ1v) is 2.10. The molecule has 6 N–H and O–H groups in total. The van der Waals surface area contributed by atoms with Crippen molar-refractivity contribution >= 4 is 10.4 Å². The van der Waals surface area contributed by atoms with E-state index in [1.54, 1.807) is 0 Å². The zero-order chi connectivity index (χ0) is 4.50. The van der Waals surface area contributed by atoms with Crippen LogP contribution in [0.5, 0.6) is 0 Å². The van der Waals surface area contributed by atoms with E-state index in [0.29, 0.717) is 0 Å². The van der Waals surface area contributed by atoms with Gasteiger partial charge in [-0.2, -0.15) is 8.42 Å². The summed E-state index contributed by atoms with van der Waals surface area (Å²) in [6.45, 7) is 0. The minimum absolute atomic E-state index is 0. The SMILES string of the molecule is O.O.O=S(=O)(O)O.[H-].[K+]. The molecule has 0 atom stereocenters. The minimum atomic E-state index is -4.67. The quantitative estimate of drug-likeness (QED) is 0.280. The molecule has 8 heteroatoms. The van der Waals surface area contributed by atoms with Crippen LogP contribution in [0.2, 0.25) is 0 Å². The van der Waals surface area contributed by atoms with Gasteiger partial charge in [0.1, 0.15) is 0 Å². The van der Waals surface area contributed by atoms with Gasteiger partial charge in [-0.05, 0) is 0 Å². The molecule has 0 radical (unpaired) electrons. The molecule has 0 saturated carbocycles. The van der Waals surface area contributed by atoms with Crippen molar-refractivity contribution in [2.75, 3.05) is 0 Å². The molecule has 0 aromatic heterocycles. The van der Waals surface area contributed by atoms with E-state index >= 15 is 0 Å². The Balaban J connectivity index is -0.0000000133. The van der Waals surface area contributed by atoms with Crippen molar-refractivity contribution in [3.8, 4) is 0 Å². The normalized spacial score (nSPS) is 7.25. The summed E-state index contributed by atoms with van der Waals surface area (Å²) in [7, 11) is -4.67. The zero-order valence-corrected chi connectivity index (χ0v) is 8.06. The molecule has 50 valence electrons. The van der Waals surface area contributed by atoms with Crippen LogP contribution < -0.4 is 51.4 Å². The summed E-state index contributed by atoms with van der Waals surface area (Å²) in [6, 6.07) is 0. The van der Waals surface area contributed by atoms with Crippen LogP contribution in [0.3, 0.4) is 0 Å². The third kappa shape index (κ3) is 151. The molecule has 0 rings (SSSR count). The average molecular weight is 174 g/mol. The van der Waals surface area contributed by atoms with Gasteiger partial charge < -0.3 is 12.4 Å². The second kappa shape index (κ2) is 8.43. The maximum atomic E-state index is 8.74. The van der Waals surface area contributed by atoms with Crippen molar-refractivity contribution in [3.63, 3.8) is 0 Å². The first-order chi connectivity index (χ1) is 2.00. The summed E-state index contributed by atoms with van der Waals surface area (Å²) >= 11 is 0. The van der Waals surface area contributed by atoms with E-state index in [0.717, 1.165) is 0 Å². The van der Waals surface area contributed by atoms with Crippen LogP contribution in [0.15, 0.2) is 0 Å². The van der Waals surface area contributed by atoms with E-state index in [1.807, 2.05) is 0 Å². The Hall–Kier alpha value is 1.43. The summed E-state index contributed by atoms with van der Waals surface area (Å²) in [4.78, 5) is 0. The summed E-state index contributed by atoms with van der Waals surface area (Å²) < 4.78 is 31.6. The van der Waals surface area contributed by atoms with Gasteiger partial charge in [0.05, 0.1) is 0 Å². The Labute approximate surface area is 90.4 Å². The van der Waals surface area contributed by atoms with E-state index in [-0.39, 0.29) is 63.8 Å². The molecule has 0 aliphatic rings. The van der Waals surface area contributed by atoms with Gasteiger partial charge in [0.15, 0.2) is 0 Å². The van der Waals surface area contributed by atoms with Crippen molar-refractivity contribution in [2.45, 2.75) is 0 Å². The van der Waals surface area contributed by atoms with E-state index in [9.17, 15) is 0 Å². The fourth-order valence-electron chi connectivity index (χ4n) is 0. The Kier molecular flexibility index (Phi) is 23.9. The first-order valence-electron chi connectivity index (χ1n) is 0.698. The van der Waals surface area contributed by atoms with Crippen molar-refractivity contribution in [3.05, 3.63) is 0 Å². The van der Waals surface area contributed by atoms with Crippen LogP contribution in [0.4, 0.5) is 0 Å². The molecular formula is H7KO6S. The fourth-order valence-corrected chi connectivity index (χ4v) is 0. The Morgan fingerprint density at radius 1 is 1.12 bits per heavy atom. The topological polar surface area (TPSA) is 138 Å². The van der Waals surface area contributed by atoms with Crippen LogP contribution in [0.1, 0.15) is 1.43 Å². The third-order valence-corrected chi connectivity index (χ3v) is 0. The van der Waals surface area contributed by atoms with Crippen LogP contribution in [-0.2, 0) is 10.4 Å². The van der Waals surface area contributed by atoms with Gasteiger partial charge >= 0.3 is 61.8 Å². The van der Waals surface area contributed by atoms with Crippen LogP contribution in [0.25, 0.3) is 0 Å². The molecule has 0 aliphatic heterocycles. The molecule has 0 saturated heterocycles. The second-order valence-electron chi connectivity index (χ2n) is 0.448. The van der Waals surface area contributed by atoms with Gasteiger partial charge in [0.25, 0.3) is 0 Å². The van der Waals surface area contributed by atoms with Gasteiger partial charge in [-0.1, -0.05) is 0 Å². The van der Waals surface area contributed by atoms with Gasteiger partial charge in [0.2, 0.25) is 0 Å². The van der Waals surface area contributed by atoms with E-state index in [1.165, 1.54) is 0 Å². The van der Waals surface area contributed by atoms with Crippen LogP contribution in [0, 0.1) is 0 Å². The van der Waals surface area contributed by atoms with Crippen molar-refractivity contribution in [1.82, 2.24) is 0 Å². The predicted octanol–water partition coefficient (Wildman–Crippen LogP) is -5.19. The number of hydrogen-bond acceptors (Lipinski definition) is 2. The standard InChI is InChI=1S/K.H2O4S.2H2O.H/c;1-5(2,3)4;;;/h;(H2,1,2,3,4);2*1H2;/q+1;;;;-1. The van der Waals surface area contributed by atoms with Gasteiger partial charge in [0, 0.05) is 0 Å². The molecule has 0 unspecified atom stereocenters. The summed E-state index contributed by atoms with van der Waals surface area (Å²) in [5.41, 5.74) is 0. The molecule has 6 nitrogen and oxygen atoms in total. The fraction of sp³-hybridized carbons (Fsp3) is 0. The van der Waals surface area contributed by atoms with E-state index < -0.39 is 10.4 Å². The average Bonchev–Trinajstić information content (AvgIpc) is 0.722. The molecule has 8 heavy (non-hydrogen) atoms. The second-order valence-corrected chi connectivity index (χ2v) is 1.34. The molecule has 0 spiro atoms. The Bertz CT molecular complexity index is 96.2. The molecular weight excluding hydrogens is 167 g/mol. The molecule has 0 amide bonds. The minimum Gasteiger partial charge on any atom is -1.00 e. The van der Waals surface area contributed by atoms with Crippen LogP contribution in [-0.4, -0.2) is 28.5 Å². The maximum absolute atomic E-state index is 8.74. The van der Waals surface area contributed by atoms with Gasteiger partial charge in [-0.3, -0.25) is 9.11 Å². The third-order valence-electron chi connectivity index (χ3n) is 0. The predicted molar refractivity (Wildman–Crippen MR) is 22.5 cm³/mol. The Morgan fingerprint density at radius 3 is 1.12 bits per heavy atom. The van der Waals surface area contributed by atoms with Crippen molar-refractivity contribution in [1.29, 1.82) is 0 Å². The van der Waals surface area contributed by atoms with Gasteiger partial charge in [-0.15, -0.1) is 0 Å². The smallest absolute Gasteiger partial charge is 1.00 e. The largest absolute Gasteiger partial charge is 1.00 e. The number of hydrogen-bond donors (Lipinski definition) is 2. The monoisotopic (exact) mass is 174 g/mol. The first kappa shape index (κ1) is 22.7. The van der Waals surface area contributed by atoms with Crippen LogP contribution >= 0.6 is 0 Å². The maximum Gasteiger partial charge on any atom is 1.00 e. The molecule has 0 heterocycles. The van der Waals surface area contributed by atoms with E-state index in [2.05, 4.69) is 0 Å². The van der Waals surface area contributed by atoms with E-state index in [4.69, 9.17) is 17.5 Å². The molecule has 0 aromatic carbocycles.